The van der Waals surface area contributed by atoms with Gasteiger partial charge in [-0.05, 0) is 31.4 Å². The molecule has 0 bridgehead atoms. The van der Waals surface area contributed by atoms with Crippen LogP contribution in [-0.4, -0.2) is 53.2 Å². The van der Waals surface area contributed by atoms with E-state index in [1.165, 1.54) is 23.3 Å². The lowest BCUT2D eigenvalue weighted by atomic mass is 10.3. The smallest absolute Gasteiger partial charge is 0.228 e. The molecule has 6 nitrogen and oxygen atoms in total. The Balaban J connectivity index is 1.50. The van der Waals surface area contributed by atoms with Gasteiger partial charge in [0.05, 0.1) is 24.0 Å². The third-order valence-corrected chi connectivity index (χ3v) is 5.65. The normalized spacial score (nSPS) is 20.0. The van der Waals surface area contributed by atoms with E-state index in [0.29, 0.717) is 12.3 Å². The first-order valence-electron chi connectivity index (χ1n) is 10.1. The molecule has 6 heteroatoms. The molecule has 2 aliphatic rings. The summed E-state index contributed by atoms with van der Waals surface area (Å²) in [6.45, 7) is 7.89. The average molecular weight is 356 g/mol. The van der Waals surface area contributed by atoms with Crippen LogP contribution in [0.4, 0.5) is 5.95 Å². The molecule has 1 saturated heterocycles. The van der Waals surface area contributed by atoms with Crippen LogP contribution in [0.15, 0.2) is 24.3 Å². The number of imidazole rings is 1. The molecule has 1 atom stereocenters. The molecule has 2 aliphatic heterocycles. The van der Waals surface area contributed by atoms with Gasteiger partial charge in [-0.15, -0.1) is 0 Å². The molecule has 1 fully saturated rings. The number of likely N-dealkylation sites (tertiary alicyclic amines) is 1. The Labute approximate surface area is 155 Å². The fourth-order valence-corrected chi connectivity index (χ4v) is 4.17. The highest BCUT2D eigenvalue weighted by atomic mass is 16.2. The van der Waals surface area contributed by atoms with Crippen molar-refractivity contribution in [3.8, 4) is 0 Å². The Morgan fingerprint density at radius 2 is 2.00 bits per heavy atom. The minimum absolute atomic E-state index is 0.330. The number of aromatic nitrogens is 2. The van der Waals surface area contributed by atoms with Crippen molar-refractivity contribution in [3.63, 3.8) is 0 Å². The molecule has 4 rings (SSSR count). The number of benzene rings is 1. The highest BCUT2D eigenvalue weighted by Crippen LogP contribution is 2.23. The summed E-state index contributed by atoms with van der Waals surface area (Å²) in [6.07, 6.45) is 5.33. The molecule has 1 unspecified atom stereocenters. The molecule has 0 spiro atoms. The Morgan fingerprint density at radius 3 is 2.81 bits per heavy atom. The third-order valence-electron chi connectivity index (χ3n) is 5.65. The molecular weight excluding hydrogens is 326 g/mol. The summed E-state index contributed by atoms with van der Waals surface area (Å²) >= 11 is 0. The van der Waals surface area contributed by atoms with Gasteiger partial charge < -0.3 is 4.90 Å². The lowest BCUT2D eigenvalue weighted by Gasteiger charge is -2.34. The summed E-state index contributed by atoms with van der Waals surface area (Å²) in [5, 5.41) is 0. The number of carbonyl (C=O) groups excluding carboxylic acids is 1. The molecule has 26 heavy (non-hydrogen) atoms. The van der Waals surface area contributed by atoms with Crippen LogP contribution in [0.25, 0.3) is 11.0 Å². The molecule has 1 N–H and O–H groups in total. The summed E-state index contributed by atoms with van der Waals surface area (Å²) < 4.78 is 2.34. The van der Waals surface area contributed by atoms with Crippen LogP contribution in [0.2, 0.25) is 0 Å². The minimum Gasteiger partial charge on any atom is -0.343 e. The first-order chi connectivity index (χ1) is 12.8. The van der Waals surface area contributed by atoms with E-state index in [2.05, 4.69) is 40.7 Å². The van der Waals surface area contributed by atoms with Gasteiger partial charge in [-0.25, -0.2) is 4.98 Å². The number of nitrogens with one attached hydrogen (secondary N) is 1. The number of rotatable bonds is 6. The Bertz CT molecular complexity index is 765. The largest absolute Gasteiger partial charge is 0.343 e. The van der Waals surface area contributed by atoms with Crippen molar-refractivity contribution < 1.29 is 9.69 Å². The number of nitrogens with zero attached hydrogens (tertiary/aromatic N) is 4. The second-order valence-electron chi connectivity index (χ2n) is 7.60. The van der Waals surface area contributed by atoms with E-state index in [1.54, 1.807) is 0 Å². The highest BCUT2D eigenvalue weighted by molar-refractivity contribution is 5.79. The van der Waals surface area contributed by atoms with Crippen molar-refractivity contribution >= 4 is 22.9 Å². The van der Waals surface area contributed by atoms with Crippen molar-refractivity contribution in [2.45, 2.75) is 45.7 Å². The summed E-state index contributed by atoms with van der Waals surface area (Å²) in [4.78, 5) is 23.2. The summed E-state index contributed by atoms with van der Waals surface area (Å²) in [6, 6.07) is 8.38. The second-order valence-corrected chi connectivity index (χ2v) is 7.60. The van der Waals surface area contributed by atoms with Crippen molar-refractivity contribution in [2.75, 3.05) is 37.7 Å². The maximum atomic E-state index is 12.4. The number of para-hydroxylation sites is 2. The van der Waals surface area contributed by atoms with Crippen LogP contribution >= 0.6 is 0 Å². The van der Waals surface area contributed by atoms with Gasteiger partial charge in [0.2, 0.25) is 11.9 Å². The van der Waals surface area contributed by atoms with Gasteiger partial charge in [0.25, 0.3) is 0 Å². The molecule has 1 aromatic carbocycles. The van der Waals surface area contributed by atoms with Crippen LogP contribution in [0.3, 0.4) is 0 Å². The monoisotopic (exact) mass is 356 g/mol. The van der Waals surface area contributed by atoms with E-state index in [-0.39, 0.29) is 0 Å². The van der Waals surface area contributed by atoms with Gasteiger partial charge >= 0.3 is 0 Å². The Kier molecular flexibility index (Phi) is 5.11. The van der Waals surface area contributed by atoms with Crippen LogP contribution in [0.1, 0.15) is 39.0 Å². The lowest BCUT2D eigenvalue weighted by molar-refractivity contribution is -0.924. The number of hydrogen-bond acceptors (Lipinski definition) is 3. The molecule has 2 aromatic rings. The highest BCUT2D eigenvalue weighted by Gasteiger charge is 2.29. The average Bonchev–Trinajstić information content (AvgIpc) is 3.32. The Morgan fingerprint density at radius 1 is 1.19 bits per heavy atom. The predicted octanol–water partition coefficient (Wildman–Crippen LogP) is 1.47. The number of anilines is 1. The fraction of sp³-hybridized carbons (Fsp3) is 0.600. The van der Waals surface area contributed by atoms with E-state index in [1.807, 2.05) is 4.90 Å². The van der Waals surface area contributed by atoms with E-state index in [0.717, 1.165) is 63.8 Å². The summed E-state index contributed by atoms with van der Waals surface area (Å²) in [5.74, 6) is 1.42. The topological polar surface area (TPSA) is 45.8 Å². The van der Waals surface area contributed by atoms with Gasteiger partial charge in [0, 0.05) is 19.6 Å². The molecular formula is C20H30N5O+. The number of quaternary nitrogens is 1. The molecule has 3 heterocycles. The van der Waals surface area contributed by atoms with E-state index in [9.17, 15) is 4.79 Å². The zero-order chi connectivity index (χ0) is 17.9. The quantitative estimate of drug-likeness (QED) is 0.853. The molecule has 1 aromatic heterocycles. The predicted molar refractivity (Wildman–Crippen MR) is 103 cm³/mol. The summed E-state index contributed by atoms with van der Waals surface area (Å²) in [5.41, 5.74) is 2.27. The zero-order valence-corrected chi connectivity index (χ0v) is 15.8. The summed E-state index contributed by atoms with van der Waals surface area (Å²) in [7, 11) is 0. The van der Waals surface area contributed by atoms with Gasteiger partial charge in [-0.1, -0.05) is 25.5 Å². The van der Waals surface area contributed by atoms with E-state index >= 15 is 0 Å². The third kappa shape index (κ3) is 3.43. The molecule has 140 valence electrons. The van der Waals surface area contributed by atoms with E-state index in [4.69, 9.17) is 4.98 Å². The van der Waals surface area contributed by atoms with E-state index < -0.39 is 0 Å². The van der Waals surface area contributed by atoms with Crippen molar-refractivity contribution in [2.24, 2.45) is 0 Å². The Hall–Kier alpha value is -2.08. The van der Waals surface area contributed by atoms with Gasteiger partial charge in [-0.2, -0.15) is 0 Å². The van der Waals surface area contributed by atoms with Crippen molar-refractivity contribution in [1.82, 2.24) is 14.5 Å². The molecule has 0 aliphatic carbocycles. The number of hydrogen-bond donors (Lipinski definition) is 1. The molecule has 0 radical (unpaired) electrons. The number of fused-ring (bicyclic) bond motifs is 3. The van der Waals surface area contributed by atoms with Crippen molar-refractivity contribution in [3.05, 3.63) is 24.3 Å². The fourth-order valence-electron chi connectivity index (χ4n) is 4.17. The number of unbranched alkanes of at least 4 members (excludes halogenated alkanes) is 1. The second kappa shape index (κ2) is 7.66. The first-order valence-corrected chi connectivity index (χ1v) is 10.1. The van der Waals surface area contributed by atoms with Crippen LogP contribution < -0.4 is 9.80 Å². The van der Waals surface area contributed by atoms with Crippen LogP contribution in [0.5, 0.6) is 0 Å². The maximum absolute atomic E-state index is 12.4. The number of amides is 1. The van der Waals surface area contributed by atoms with Crippen LogP contribution in [-0.2, 0) is 11.5 Å². The standard InChI is InChI=1S/C20H29N5O/c1-2-3-11-24-15-22(14-10-19(26)23-12-6-7-13-23)16-25-18-9-5-4-8-17(18)21-20(24)25/h4-5,8-9H,2-3,6-7,10-16H2,1H3/p+1. The van der Waals surface area contributed by atoms with Gasteiger partial charge in [-0.3, -0.25) is 19.2 Å². The molecule has 1 amide bonds. The lowest BCUT2D eigenvalue weighted by Crippen LogP contribution is -3.14. The van der Waals surface area contributed by atoms with Crippen LogP contribution in [0, 0.1) is 0 Å². The van der Waals surface area contributed by atoms with Crippen molar-refractivity contribution in [1.29, 1.82) is 0 Å². The maximum Gasteiger partial charge on any atom is 0.228 e. The SMILES string of the molecule is CCCCN1C[NH+](CCC(=O)N2CCCC2)Cn2c1nc1ccccc12. The first kappa shape index (κ1) is 17.3. The number of carbonyl (C=O) groups is 1. The molecule has 0 saturated carbocycles. The minimum atomic E-state index is 0.330. The zero-order valence-electron chi connectivity index (χ0n) is 15.8. The van der Waals surface area contributed by atoms with Gasteiger partial charge in [0.1, 0.15) is 0 Å². The van der Waals surface area contributed by atoms with Gasteiger partial charge in [0.15, 0.2) is 13.3 Å².